The zero-order chi connectivity index (χ0) is 15.6. The highest BCUT2D eigenvalue weighted by molar-refractivity contribution is 5.34. The van der Waals surface area contributed by atoms with Crippen LogP contribution in [-0.4, -0.2) is 0 Å². The maximum Gasteiger partial charge on any atom is 0.416 e. The summed E-state index contributed by atoms with van der Waals surface area (Å²) in [6, 6.07) is 6.48. The quantitative estimate of drug-likeness (QED) is 0.844. The van der Waals surface area contributed by atoms with E-state index in [0.717, 1.165) is 12.1 Å². The van der Waals surface area contributed by atoms with Crippen LogP contribution in [0.25, 0.3) is 0 Å². The molecule has 0 saturated heterocycles. The number of benzene rings is 2. The average Bonchev–Trinajstić information content (AvgIpc) is 2.37. The molecular formula is C15H12F5N. The molecule has 1 atom stereocenters. The van der Waals surface area contributed by atoms with Crippen molar-refractivity contribution in [2.45, 2.75) is 18.6 Å². The lowest BCUT2D eigenvalue weighted by molar-refractivity contribution is -0.138. The van der Waals surface area contributed by atoms with Crippen molar-refractivity contribution in [3.63, 3.8) is 0 Å². The highest BCUT2D eigenvalue weighted by atomic mass is 19.4. The molecule has 0 bridgehead atoms. The average molecular weight is 301 g/mol. The van der Waals surface area contributed by atoms with Gasteiger partial charge in [0.1, 0.15) is 11.6 Å². The van der Waals surface area contributed by atoms with Crippen LogP contribution in [0.2, 0.25) is 0 Å². The second-order valence-electron chi connectivity index (χ2n) is 4.67. The van der Waals surface area contributed by atoms with Crippen LogP contribution in [0.1, 0.15) is 22.7 Å². The first-order valence-electron chi connectivity index (χ1n) is 6.14. The van der Waals surface area contributed by atoms with Crippen molar-refractivity contribution in [1.82, 2.24) is 0 Å². The maximum absolute atomic E-state index is 13.2. The summed E-state index contributed by atoms with van der Waals surface area (Å²) in [7, 11) is 0. The number of hydrogen-bond acceptors (Lipinski definition) is 1. The Labute approximate surface area is 118 Å². The van der Waals surface area contributed by atoms with Crippen molar-refractivity contribution < 1.29 is 22.0 Å². The molecule has 0 radical (unpaired) electrons. The molecule has 2 aromatic carbocycles. The van der Waals surface area contributed by atoms with Gasteiger partial charge in [-0.05, 0) is 47.9 Å². The first kappa shape index (κ1) is 15.4. The van der Waals surface area contributed by atoms with E-state index in [9.17, 15) is 22.0 Å². The summed E-state index contributed by atoms with van der Waals surface area (Å²) in [6.07, 6.45) is -4.65. The summed E-state index contributed by atoms with van der Waals surface area (Å²) in [5.74, 6) is -1.30. The molecule has 0 amide bonds. The van der Waals surface area contributed by atoms with Crippen molar-refractivity contribution in [2.24, 2.45) is 5.73 Å². The number of hydrogen-bond donors (Lipinski definition) is 1. The second kappa shape index (κ2) is 5.81. The van der Waals surface area contributed by atoms with Crippen molar-refractivity contribution in [2.75, 3.05) is 0 Å². The molecule has 2 rings (SSSR count). The van der Waals surface area contributed by atoms with Gasteiger partial charge in [0.15, 0.2) is 0 Å². The van der Waals surface area contributed by atoms with Crippen molar-refractivity contribution in [1.29, 1.82) is 0 Å². The van der Waals surface area contributed by atoms with E-state index < -0.39 is 29.4 Å². The third-order valence-electron chi connectivity index (χ3n) is 3.06. The molecule has 0 spiro atoms. The van der Waals surface area contributed by atoms with Crippen molar-refractivity contribution in [3.8, 4) is 0 Å². The summed E-state index contributed by atoms with van der Waals surface area (Å²) < 4.78 is 65.0. The summed E-state index contributed by atoms with van der Waals surface area (Å²) in [5, 5.41) is 0. The molecule has 6 heteroatoms. The zero-order valence-corrected chi connectivity index (χ0v) is 10.8. The minimum atomic E-state index is -4.62. The van der Waals surface area contributed by atoms with Crippen LogP contribution < -0.4 is 5.73 Å². The Morgan fingerprint density at radius 2 is 1.62 bits per heavy atom. The van der Waals surface area contributed by atoms with Crippen LogP contribution >= 0.6 is 0 Å². The lowest BCUT2D eigenvalue weighted by atomic mass is 9.95. The smallest absolute Gasteiger partial charge is 0.324 e. The van der Waals surface area contributed by atoms with Gasteiger partial charge in [-0.1, -0.05) is 12.1 Å². The van der Waals surface area contributed by atoms with Crippen molar-refractivity contribution in [3.05, 3.63) is 70.8 Å². The zero-order valence-electron chi connectivity index (χ0n) is 10.8. The molecular weight excluding hydrogens is 289 g/mol. The molecule has 2 N–H and O–H groups in total. The van der Waals surface area contributed by atoms with Crippen LogP contribution in [0.15, 0.2) is 42.5 Å². The fraction of sp³-hybridized carbons (Fsp3) is 0.200. The molecule has 1 nitrogen and oxygen atoms in total. The first-order chi connectivity index (χ1) is 9.77. The fourth-order valence-electron chi connectivity index (χ4n) is 2.13. The lowest BCUT2D eigenvalue weighted by Crippen LogP contribution is -2.19. The highest BCUT2D eigenvalue weighted by Crippen LogP contribution is 2.35. The van der Waals surface area contributed by atoms with E-state index in [0.29, 0.717) is 11.6 Å². The van der Waals surface area contributed by atoms with Crippen molar-refractivity contribution >= 4 is 0 Å². The molecule has 0 aliphatic carbocycles. The second-order valence-corrected chi connectivity index (χ2v) is 4.67. The van der Waals surface area contributed by atoms with Gasteiger partial charge in [-0.2, -0.15) is 13.2 Å². The fourth-order valence-corrected chi connectivity index (χ4v) is 2.13. The van der Waals surface area contributed by atoms with Gasteiger partial charge in [-0.25, -0.2) is 8.78 Å². The third kappa shape index (κ3) is 3.78. The first-order valence-corrected chi connectivity index (χ1v) is 6.14. The predicted octanol–water partition coefficient (Wildman–Crippen LogP) is 4.23. The number of nitrogens with two attached hydrogens (primary N) is 1. The van der Waals surface area contributed by atoms with Gasteiger partial charge in [-0.15, -0.1) is 0 Å². The Hall–Kier alpha value is -1.95. The molecule has 112 valence electrons. The Bertz CT molecular complexity index is 636. The molecule has 0 saturated carbocycles. The normalized spacial score (nSPS) is 13.2. The van der Waals surface area contributed by atoms with Gasteiger partial charge >= 0.3 is 6.18 Å². The standard InChI is InChI=1S/C15H12F5N/c16-10-3-1-2-9(6-10)7-14(21)12-8-11(17)4-5-13(12)15(18,19)20/h1-6,8,14H,7,21H2. The Kier molecular flexibility index (Phi) is 4.27. The van der Waals surface area contributed by atoms with Gasteiger partial charge in [-0.3, -0.25) is 0 Å². The Morgan fingerprint density at radius 3 is 2.24 bits per heavy atom. The van der Waals surface area contributed by atoms with Crippen LogP contribution in [0.5, 0.6) is 0 Å². The van der Waals surface area contributed by atoms with E-state index in [1.54, 1.807) is 6.07 Å². The maximum atomic E-state index is 13.2. The molecule has 2 aromatic rings. The van der Waals surface area contributed by atoms with E-state index >= 15 is 0 Å². The highest BCUT2D eigenvalue weighted by Gasteiger charge is 2.34. The van der Waals surface area contributed by atoms with Crippen LogP contribution in [-0.2, 0) is 12.6 Å². The lowest BCUT2D eigenvalue weighted by Gasteiger charge is -2.18. The van der Waals surface area contributed by atoms with Crippen LogP contribution in [0, 0.1) is 11.6 Å². The van der Waals surface area contributed by atoms with E-state index in [1.807, 2.05) is 0 Å². The van der Waals surface area contributed by atoms with Gasteiger partial charge in [0, 0.05) is 6.04 Å². The minimum absolute atomic E-state index is 0.0235. The largest absolute Gasteiger partial charge is 0.416 e. The number of rotatable bonds is 3. The molecule has 0 heterocycles. The van der Waals surface area contributed by atoms with E-state index in [4.69, 9.17) is 5.73 Å². The summed E-state index contributed by atoms with van der Waals surface area (Å²) in [5.41, 5.74) is 4.88. The molecule has 0 aliphatic rings. The van der Waals surface area contributed by atoms with Gasteiger partial charge in [0.2, 0.25) is 0 Å². The number of halogens is 5. The molecule has 0 aliphatic heterocycles. The molecule has 0 fully saturated rings. The summed E-state index contributed by atoms with van der Waals surface area (Å²) in [6.45, 7) is 0. The Morgan fingerprint density at radius 1 is 0.952 bits per heavy atom. The third-order valence-corrected chi connectivity index (χ3v) is 3.06. The van der Waals surface area contributed by atoms with E-state index in [-0.39, 0.29) is 12.0 Å². The summed E-state index contributed by atoms with van der Waals surface area (Å²) in [4.78, 5) is 0. The van der Waals surface area contributed by atoms with E-state index in [2.05, 4.69) is 0 Å². The van der Waals surface area contributed by atoms with Crippen LogP contribution in [0.3, 0.4) is 0 Å². The molecule has 21 heavy (non-hydrogen) atoms. The Balaban J connectivity index is 2.34. The minimum Gasteiger partial charge on any atom is -0.324 e. The van der Waals surface area contributed by atoms with Crippen LogP contribution in [0.4, 0.5) is 22.0 Å². The molecule has 1 unspecified atom stereocenters. The predicted molar refractivity (Wildman–Crippen MR) is 68.4 cm³/mol. The van der Waals surface area contributed by atoms with Gasteiger partial charge < -0.3 is 5.73 Å². The molecule has 0 aromatic heterocycles. The topological polar surface area (TPSA) is 26.0 Å². The monoisotopic (exact) mass is 301 g/mol. The van der Waals surface area contributed by atoms with Gasteiger partial charge in [0.25, 0.3) is 0 Å². The SMILES string of the molecule is NC(Cc1cccc(F)c1)c1cc(F)ccc1C(F)(F)F. The number of alkyl halides is 3. The summed E-state index contributed by atoms with van der Waals surface area (Å²) >= 11 is 0. The van der Waals surface area contributed by atoms with E-state index in [1.165, 1.54) is 18.2 Å². The van der Waals surface area contributed by atoms with Gasteiger partial charge in [0.05, 0.1) is 5.56 Å².